The average Bonchev–Trinajstić information content (AvgIpc) is 3.12. The number of pyridine rings is 1. The van der Waals surface area contributed by atoms with E-state index in [1.165, 1.54) is 0 Å². The SMILES string of the molecule is Cn1cc(-c2cncc(CNC(=O)c3cccc4ccccc34)c2)cn1. The highest BCUT2D eigenvalue weighted by atomic mass is 16.1. The second-order valence-electron chi connectivity index (χ2n) is 6.19. The Labute approximate surface area is 151 Å². The molecular formula is C21H18N4O. The molecule has 128 valence electrons. The van der Waals surface area contributed by atoms with Crippen LogP contribution in [-0.2, 0) is 13.6 Å². The lowest BCUT2D eigenvalue weighted by Crippen LogP contribution is -2.23. The Morgan fingerprint density at radius 3 is 2.73 bits per heavy atom. The number of nitrogens with zero attached hydrogens (tertiary/aromatic N) is 3. The van der Waals surface area contributed by atoms with Crippen LogP contribution in [0.5, 0.6) is 0 Å². The third kappa shape index (κ3) is 3.19. The second-order valence-corrected chi connectivity index (χ2v) is 6.19. The minimum Gasteiger partial charge on any atom is -0.348 e. The Morgan fingerprint density at radius 1 is 1.04 bits per heavy atom. The van der Waals surface area contributed by atoms with Gasteiger partial charge in [0.05, 0.1) is 6.20 Å². The number of rotatable bonds is 4. The van der Waals surface area contributed by atoms with E-state index in [9.17, 15) is 4.79 Å². The number of carbonyl (C=O) groups excluding carboxylic acids is 1. The zero-order valence-electron chi connectivity index (χ0n) is 14.4. The molecule has 5 heteroatoms. The number of nitrogens with one attached hydrogen (secondary N) is 1. The predicted molar refractivity (Wildman–Crippen MR) is 102 cm³/mol. The van der Waals surface area contributed by atoms with Gasteiger partial charge < -0.3 is 5.32 Å². The van der Waals surface area contributed by atoms with E-state index in [1.807, 2.05) is 61.8 Å². The van der Waals surface area contributed by atoms with Crippen molar-refractivity contribution < 1.29 is 4.79 Å². The molecule has 0 saturated heterocycles. The van der Waals surface area contributed by atoms with Crippen molar-refractivity contribution in [3.63, 3.8) is 0 Å². The fraction of sp³-hybridized carbons (Fsp3) is 0.0952. The van der Waals surface area contributed by atoms with Crippen molar-refractivity contribution in [3.8, 4) is 11.1 Å². The van der Waals surface area contributed by atoms with Crippen LogP contribution < -0.4 is 5.32 Å². The van der Waals surface area contributed by atoms with Crippen molar-refractivity contribution in [3.05, 3.63) is 84.4 Å². The number of hydrogen-bond acceptors (Lipinski definition) is 3. The van der Waals surface area contributed by atoms with E-state index >= 15 is 0 Å². The molecule has 0 unspecified atom stereocenters. The molecule has 0 fully saturated rings. The summed E-state index contributed by atoms with van der Waals surface area (Å²) >= 11 is 0. The van der Waals surface area contributed by atoms with Gasteiger partial charge in [-0.3, -0.25) is 14.5 Å². The molecule has 0 aliphatic carbocycles. The number of aromatic nitrogens is 3. The molecule has 4 aromatic rings. The van der Waals surface area contributed by atoms with Gasteiger partial charge in [0.25, 0.3) is 5.91 Å². The number of hydrogen-bond donors (Lipinski definition) is 1. The van der Waals surface area contributed by atoms with Gasteiger partial charge in [0.2, 0.25) is 0 Å². The van der Waals surface area contributed by atoms with Gasteiger partial charge in [-0.1, -0.05) is 36.4 Å². The number of aryl methyl sites for hydroxylation is 1. The summed E-state index contributed by atoms with van der Waals surface area (Å²) in [5, 5.41) is 9.19. The Bertz CT molecular complexity index is 1080. The highest BCUT2D eigenvalue weighted by Crippen LogP contribution is 2.20. The molecule has 26 heavy (non-hydrogen) atoms. The zero-order chi connectivity index (χ0) is 17.9. The summed E-state index contributed by atoms with van der Waals surface area (Å²) in [6, 6.07) is 15.7. The number of amides is 1. The van der Waals surface area contributed by atoms with E-state index in [-0.39, 0.29) is 5.91 Å². The highest BCUT2D eigenvalue weighted by Gasteiger charge is 2.10. The molecule has 0 bridgehead atoms. The van der Waals surface area contributed by atoms with Gasteiger partial charge in [-0.2, -0.15) is 5.10 Å². The molecular weight excluding hydrogens is 324 g/mol. The van der Waals surface area contributed by atoms with Crippen LogP contribution in [0.2, 0.25) is 0 Å². The smallest absolute Gasteiger partial charge is 0.252 e. The van der Waals surface area contributed by atoms with Crippen LogP contribution in [0.4, 0.5) is 0 Å². The number of fused-ring (bicyclic) bond motifs is 1. The van der Waals surface area contributed by atoms with Crippen LogP contribution in [-0.4, -0.2) is 20.7 Å². The topological polar surface area (TPSA) is 59.8 Å². The van der Waals surface area contributed by atoms with Crippen LogP contribution in [0.25, 0.3) is 21.9 Å². The van der Waals surface area contributed by atoms with Gasteiger partial charge in [-0.05, 0) is 28.5 Å². The van der Waals surface area contributed by atoms with Crippen molar-refractivity contribution in [1.29, 1.82) is 0 Å². The first-order valence-electron chi connectivity index (χ1n) is 8.39. The highest BCUT2D eigenvalue weighted by molar-refractivity contribution is 6.06. The minimum absolute atomic E-state index is 0.0893. The maximum absolute atomic E-state index is 12.6. The number of carbonyl (C=O) groups is 1. The molecule has 0 aliphatic heterocycles. The fourth-order valence-corrected chi connectivity index (χ4v) is 3.01. The van der Waals surface area contributed by atoms with E-state index < -0.39 is 0 Å². The Hall–Kier alpha value is -3.47. The van der Waals surface area contributed by atoms with Crippen LogP contribution in [0.3, 0.4) is 0 Å². The molecule has 2 heterocycles. The summed E-state index contributed by atoms with van der Waals surface area (Å²) < 4.78 is 1.75. The quantitative estimate of drug-likeness (QED) is 0.617. The van der Waals surface area contributed by atoms with E-state index in [1.54, 1.807) is 23.3 Å². The average molecular weight is 342 g/mol. The molecule has 0 aliphatic rings. The van der Waals surface area contributed by atoms with Gasteiger partial charge in [0.15, 0.2) is 0 Å². The summed E-state index contributed by atoms with van der Waals surface area (Å²) in [4.78, 5) is 16.9. The summed E-state index contributed by atoms with van der Waals surface area (Å²) in [6.07, 6.45) is 7.31. The van der Waals surface area contributed by atoms with Gasteiger partial charge in [0.1, 0.15) is 0 Å². The Morgan fingerprint density at radius 2 is 1.88 bits per heavy atom. The second kappa shape index (κ2) is 6.80. The minimum atomic E-state index is -0.0893. The lowest BCUT2D eigenvalue weighted by molar-refractivity contribution is 0.0952. The molecule has 0 saturated carbocycles. The summed E-state index contributed by atoms with van der Waals surface area (Å²) in [5.74, 6) is -0.0893. The molecule has 0 spiro atoms. The van der Waals surface area contributed by atoms with E-state index in [2.05, 4.69) is 15.4 Å². The largest absolute Gasteiger partial charge is 0.348 e. The third-order valence-corrected chi connectivity index (χ3v) is 4.32. The maximum atomic E-state index is 12.6. The first-order chi connectivity index (χ1) is 12.7. The molecule has 4 rings (SSSR count). The maximum Gasteiger partial charge on any atom is 0.252 e. The lowest BCUT2D eigenvalue weighted by Gasteiger charge is -2.09. The standard InChI is InChI=1S/C21H18N4O/c1-25-14-18(13-24-25)17-9-15(10-22-12-17)11-23-21(26)20-8-4-6-16-5-2-3-7-19(16)20/h2-10,12-14H,11H2,1H3,(H,23,26). The predicted octanol–water partition coefficient (Wildman–Crippen LogP) is 3.57. The van der Waals surface area contributed by atoms with Crippen molar-refractivity contribution in [2.24, 2.45) is 7.05 Å². The van der Waals surface area contributed by atoms with Gasteiger partial charge >= 0.3 is 0 Å². The van der Waals surface area contributed by atoms with Gasteiger partial charge in [0, 0.05) is 48.9 Å². The van der Waals surface area contributed by atoms with Crippen LogP contribution in [0, 0.1) is 0 Å². The Kier molecular flexibility index (Phi) is 4.19. The van der Waals surface area contributed by atoms with Gasteiger partial charge in [-0.25, -0.2) is 0 Å². The molecule has 0 radical (unpaired) electrons. The van der Waals surface area contributed by atoms with Crippen molar-refractivity contribution in [1.82, 2.24) is 20.1 Å². The lowest BCUT2D eigenvalue weighted by atomic mass is 10.0. The summed E-state index contributed by atoms with van der Waals surface area (Å²) in [6.45, 7) is 0.420. The number of benzene rings is 2. The van der Waals surface area contributed by atoms with Gasteiger partial charge in [-0.15, -0.1) is 0 Å². The third-order valence-electron chi connectivity index (χ3n) is 4.32. The first-order valence-corrected chi connectivity index (χ1v) is 8.39. The van der Waals surface area contributed by atoms with E-state index in [4.69, 9.17) is 0 Å². The fourth-order valence-electron chi connectivity index (χ4n) is 3.01. The molecule has 2 aromatic carbocycles. The molecule has 2 aromatic heterocycles. The van der Waals surface area contributed by atoms with Crippen molar-refractivity contribution in [2.45, 2.75) is 6.54 Å². The van der Waals surface area contributed by atoms with E-state index in [0.29, 0.717) is 12.1 Å². The normalized spacial score (nSPS) is 10.8. The zero-order valence-corrected chi connectivity index (χ0v) is 14.4. The summed E-state index contributed by atoms with van der Waals surface area (Å²) in [5.41, 5.74) is 3.61. The van der Waals surface area contributed by atoms with Crippen LogP contribution >= 0.6 is 0 Å². The summed E-state index contributed by atoms with van der Waals surface area (Å²) in [7, 11) is 1.88. The van der Waals surface area contributed by atoms with Crippen LogP contribution in [0.1, 0.15) is 15.9 Å². The molecule has 5 nitrogen and oxygen atoms in total. The molecule has 0 atom stereocenters. The van der Waals surface area contributed by atoms with Crippen LogP contribution in [0.15, 0.2) is 73.3 Å². The van der Waals surface area contributed by atoms with Crippen molar-refractivity contribution >= 4 is 16.7 Å². The van der Waals surface area contributed by atoms with Crippen molar-refractivity contribution in [2.75, 3.05) is 0 Å². The Balaban J connectivity index is 1.53. The van der Waals surface area contributed by atoms with E-state index in [0.717, 1.165) is 27.5 Å². The molecule has 1 N–H and O–H groups in total. The monoisotopic (exact) mass is 342 g/mol. The molecule has 1 amide bonds. The first kappa shape index (κ1) is 16.0.